The Labute approximate surface area is 122 Å². The molecule has 1 aromatic heterocycles. The Morgan fingerprint density at radius 1 is 1.43 bits per heavy atom. The van der Waals surface area contributed by atoms with Gasteiger partial charge in [0, 0.05) is 25.2 Å². The van der Waals surface area contributed by atoms with E-state index in [-0.39, 0.29) is 11.7 Å². The zero-order valence-electron chi connectivity index (χ0n) is 11.8. The van der Waals surface area contributed by atoms with Crippen LogP contribution in [0.1, 0.15) is 24.7 Å². The second kappa shape index (κ2) is 6.32. The minimum absolute atomic E-state index is 0.236. The summed E-state index contributed by atoms with van der Waals surface area (Å²) in [6.07, 6.45) is 2.13. The third kappa shape index (κ3) is 3.28. The number of hydrogen-bond donors (Lipinski definition) is 1. The average Bonchev–Trinajstić information content (AvgIpc) is 2.98. The SMILES string of the molecule is NCCN1CCCC(c2nc(-c3cccc(F)c3)no2)C1. The molecular weight excluding hydrogens is 271 g/mol. The molecule has 0 amide bonds. The van der Waals surface area contributed by atoms with E-state index in [0.29, 0.717) is 23.8 Å². The molecule has 3 rings (SSSR count). The van der Waals surface area contributed by atoms with Crippen LogP contribution in [0.5, 0.6) is 0 Å². The molecule has 2 aromatic rings. The molecule has 1 unspecified atom stereocenters. The van der Waals surface area contributed by atoms with E-state index in [9.17, 15) is 4.39 Å². The van der Waals surface area contributed by atoms with Gasteiger partial charge in [-0.3, -0.25) is 0 Å². The van der Waals surface area contributed by atoms with Crippen LogP contribution in [0.4, 0.5) is 4.39 Å². The van der Waals surface area contributed by atoms with Crippen LogP contribution in [0, 0.1) is 5.82 Å². The first kappa shape index (κ1) is 14.2. The first-order valence-corrected chi connectivity index (χ1v) is 7.28. The molecule has 1 fully saturated rings. The lowest BCUT2D eigenvalue weighted by Gasteiger charge is -2.30. The molecule has 0 spiro atoms. The number of aromatic nitrogens is 2. The summed E-state index contributed by atoms with van der Waals surface area (Å²) in [5.41, 5.74) is 6.25. The van der Waals surface area contributed by atoms with Crippen LogP contribution in [-0.4, -0.2) is 41.2 Å². The Bertz CT molecular complexity index is 599. The number of benzene rings is 1. The molecule has 0 radical (unpaired) electrons. The molecular formula is C15H19FN4O. The smallest absolute Gasteiger partial charge is 0.231 e. The molecule has 1 aliphatic rings. The lowest BCUT2D eigenvalue weighted by Crippen LogP contribution is -2.37. The number of halogens is 1. The number of nitrogens with two attached hydrogens (primary N) is 1. The summed E-state index contributed by atoms with van der Waals surface area (Å²) < 4.78 is 18.6. The van der Waals surface area contributed by atoms with Crippen molar-refractivity contribution in [2.45, 2.75) is 18.8 Å². The van der Waals surface area contributed by atoms with Crippen LogP contribution in [-0.2, 0) is 0 Å². The first-order valence-electron chi connectivity index (χ1n) is 7.28. The van der Waals surface area contributed by atoms with E-state index >= 15 is 0 Å². The second-order valence-corrected chi connectivity index (χ2v) is 5.40. The Kier molecular flexibility index (Phi) is 4.26. The van der Waals surface area contributed by atoms with Crippen molar-refractivity contribution >= 4 is 0 Å². The van der Waals surface area contributed by atoms with E-state index in [0.717, 1.165) is 32.5 Å². The van der Waals surface area contributed by atoms with Crippen molar-refractivity contribution < 1.29 is 8.91 Å². The highest BCUT2D eigenvalue weighted by molar-refractivity contribution is 5.53. The molecule has 0 bridgehead atoms. The van der Waals surface area contributed by atoms with Crippen molar-refractivity contribution in [3.05, 3.63) is 36.0 Å². The molecule has 1 atom stereocenters. The molecule has 21 heavy (non-hydrogen) atoms. The molecule has 1 saturated heterocycles. The summed E-state index contributed by atoms with van der Waals surface area (Å²) in [6, 6.07) is 6.23. The van der Waals surface area contributed by atoms with Crippen molar-refractivity contribution in [1.82, 2.24) is 15.0 Å². The molecule has 2 N–H and O–H groups in total. The maximum Gasteiger partial charge on any atom is 0.231 e. The Hall–Kier alpha value is -1.79. The maximum atomic E-state index is 13.2. The summed E-state index contributed by atoms with van der Waals surface area (Å²) in [7, 11) is 0. The molecule has 2 heterocycles. The van der Waals surface area contributed by atoms with Crippen molar-refractivity contribution in [2.24, 2.45) is 5.73 Å². The van der Waals surface area contributed by atoms with E-state index in [2.05, 4.69) is 15.0 Å². The van der Waals surface area contributed by atoms with Gasteiger partial charge in [0.1, 0.15) is 5.82 Å². The van der Waals surface area contributed by atoms with Gasteiger partial charge in [0.15, 0.2) is 0 Å². The Morgan fingerprint density at radius 3 is 3.14 bits per heavy atom. The van der Waals surface area contributed by atoms with Crippen LogP contribution in [0.3, 0.4) is 0 Å². The Morgan fingerprint density at radius 2 is 2.33 bits per heavy atom. The molecule has 112 valence electrons. The normalized spacial score (nSPS) is 19.8. The van der Waals surface area contributed by atoms with Gasteiger partial charge in [-0.25, -0.2) is 4.39 Å². The highest BCUT2D eigenvalue weighted by Gasteiger charge is 2.25. The van der Waals surface area contributed by atoms with E-state index in [1.165, 1.54) is 12.1 Å². The fourth-order valence-electron chi connectivity index (χ4n) is 2.79. The summed E-state index contributed by atoms with van der Waals surface area (Å²) in [4.78, 5) is 6.76. The van der Waals surface area contributed by atoms with Gasteiger partial charge in [0.2, 0.25) is 11.7 Å². The minimum Gasteiger partial charge on any atom is -0.339 e. The van der Waals surface area contributed by atoms with E-state index < -0.39 is 0 Å². The third-order valence-electron chi connectivity index (χ3n) is 3.82. The zero-order chi connectivity index (χ0) is 14.7. The standard InChI is InChI=1S/C15H19FN4O/c16-13-5-1-3-11(9-13)14-18-15(21-19-14)12-4-2-7-20(10-12)8-6-17/h1,3,5,9,12H,2,4,6-8,10,17H2. The van der Waals surface area contributed by atoms with Crippen molar-refractivity contribution in [3.8, 4) is 11.4 Å². The van der Waals surface area contributed by atoms with Crippen LogP contribution in [0.15, 0.2) is 28.8 Å². The third-order valence-corrected chi connectivity index (χ3v) is 3.82. The molecule has 5 nitrogen and oxygen atoms in total. The fraction of sp³-hybridized carbons (Fsp3) is 0.467. The molecule has 1 aliphatic heterocycles. The minimum atomic E-state index is -0.300. The topological polar surface area (TPSA) is 68.2 Å². The van der Waals surface area contributed by atoms with Crippen LogP contribution in [0.25, 0.3) is 11.4 Å². The van der Waals surface area contributed by atoms with Gasteiger partial charge in [-0.1, -0.05) is 17.3 Å². The fourth-order valence-corrected chi connectivity index (χ4v) is 2.79. The van der Waals surface area contributed by atoms with Gasteiger partial charge in [-0.2, -0.15) is 4.98 Å². The summed E-state index contributed by atoms with van der Waals surface area (Å²) >= 11 is 0. The van der Waals surface area contributed by atoms with Gasteiger partial charge in [-0.15, -0.1) is 0 Å². The van der Waals surface area contributed by atoms with Crippen molar-refractivity contribution in [2.75, 3.05) is 26.2 Å². The monoisotopic (exact) mass is 290 g/mol. The van der Waals surface area contributed by atoms with Gasteiger partial charge in [0.25, 0.3) is 0 Å². The lowest BCUT2D eigenvalue weighted by atomic mass is 9.98. The predicted octanol–water partition coefficient (Wildman–Crippen LogP) is 2.01. The van der Waals surface area contributed by atoms with Crippen molar-refractivity contribution in [3.63, 3.8) is 0 Å². The number of nitrogens with zero attached hydrogens (tertiary/aromatic N) is 3. The largest absolute Gasteiger partial charge is 0.339 e. The molecule has 0 saturated carbocycles. The van der Waals surface area contributed by atoms with Crippen LogP contribution >= 0.6 is 0 Å². The van der Waals surface area contributed by atoms with Crippen LogP contribution < -0.4 is 5.73 Å². The maximum absolute atomic E-state index is 13.2. The molecule has 6 heteroatoms. The van der Waals surface area contributed by atoms with E-state index in [4.69, 9.17) is 10.3 Å². The average molecular weight is 290 g/mol. The quantitative estimate of drug-likeness (QED) is 0.933. The summed E-state index contributed by atoms with van der Waals surface area (Å²) in [5, 5.41) is 3.98. The Balaban J connectivity index is 1.75. The molecule has 0 aliphatic carbocycles. The highest BCUT2D eigenvalue weighted by Crippen LogP contribution is 2.27. The molecule has 1 aromatic carbocycles. The zero-order valence-corrected chi connectivity index (χ0v) is 11.8. The summed E-state index contributed by atoms with van der Waals surface area (Å²) in [5.74, 6) is 1.02. The number of piperidine rings is 1. The van der Waals surface area contributed by atoms with E-state index in [1.807, 2.05) is 0 Å². The summed E-state index contributed by atoms with van der Waals surface area (Å²) in [6.45, 7) is 3.51. The highest BCUT2D eigenvalue weighted by atomic mass is 19.1. The predicted molar refractivity (Wildman–Crippen MR) is 77.2 cm³/mol. The van der Waals surface area contributed by atoms with E-state index in [1.54, 1.807) is 12.1 Å². The van der Waals surface area contributed by atoms with Crippen LogP contribution in [0.2, 0.25) is 0 Å². The lowest BCUT2D eigenvalue weighted by molar-refractivity contribution is 0.191. The first-order chi connectivity index (χ1) is 10.3. The number of likely N-dealkylation sites (tertiary alicyclic amines) is 1. The van der Waals surface area contributed by atoms with Gasteiger partial charge >= 0.3 is 0 Å². The number of rotatable bonds is 4. The van der Waals surface area contributed by atoms with Crippen molar-refractivity contribution in [1.29, 1.82) is 0 Å². The number of hydrogen-bond acceptors (Lipinski definition) is 5. The van der Waals surface area contributed by atoms with Gasteiger partial charge < -0.3 is 15.2 Å². The van der Waals surface area contributed by atoms with Gasteiger partial charge in [-0.05, 0) is 31.5 Å². The van der Waals surface area contributed by atoms with Gasteiger partial charge in [0.05, 0.1) is 5.92 Å². The second-order valence-electron chi connectivity index (χ2n) is 5.40.